The summed E-state index contributed by atoms with van der Waals surface area (Å²) in [6.45, 7) is 0.879. The van der Waals surface area contributed by atoms with Crippen molar-refractivity contribution in [2.24, 2.45) is 4.99 Å². The Morgan fingerprint density at radius 2 is 1.87 bits per heavy atom. The van der Waals surface area contributed by atoms with Crippen LogP contribution in [0.5, 0.6) is 5.75 Å². The molecule has 3 heteroatoms. The number of benzene rings is 2. The Balaban J connectivity index is 1.83. The van der Waals surface area contributed by atoms with Crippen molar-refractivity contribution in [3.8, 4) is 5.75 Å². The van der Waals surface area contributed by atoms with Gasteiger partial charge in [-0.2, -0.15) is 0 Å². The predicted octanol–water partition coefficient (Wildman–Crippen LogP) is 4.82. The topological polar surface area (TPSA) is 21.6 Å². The summed E-state index contributed by atoms with van der Waals surface area (Å²) in [6, 6.07) is 14.7. The molecule has 1 heterocycles. The standard InChI is InChI=1S/C20H20ClNO/c1-23-17-8-3-14-9-12-22-19(18(14)13-17)20(10-2-11-20)15-4-6-16(21)7-5-15/h3-8,13H,2,9-12H2,1H3. The Labute approximate surface area is 142 Å². The van der Waals surface area contributed by atoms with Crippen LogP contribution in [0.2, 0.25) is 5.02 Å². The molecule has 0 aromatic heterocycles. The predicted molar refractivity (Wildman–Crippen MR) is 95.1 cm³/mol. The van der Waals surface area contributed by atoms with Crippen molar-refractivity contribution in [3.05, 3.63) is 64.2 Å². The molecule has 1 aliphatic heterocycles. The molecule has 0 saturated heterocycles. The summed E-state index contributed by atoms with van der Waals surface area (Å²) >= 11 is 6.08. The minimum Gasteiger partial charge on any atom is -0.497 e. The Kier molecular flexibility index (Phi) is 3.65. The molecular formula is C20H20ClNO. The fourth-order valence-electron chi connectivity index (χ4n) is 3.86. The van der Waals surface area contributed by atoms with Gasteiger partial charge in [-0.15, -0.1) is 0 Å². The van der Waals surface area contributed by atoms with E-state index in [1.807, 2.05) is 12.1 Å². The van der Waals surface area contributed by atoms with Crippen molar-refractivity contribution in [2.75, 3.05) is 13.7 Å². The van der Waals surface area contributed by atoms with Crippen molar-refractivity contribution in [3.63, 3.8) is 0 Å². The van der Waals surface area contributed by atoms with Crippen LogP contribution in [-0.2, 0) is 11.8 Å². The van der Waals surface area contributed by atoms with Crippen LogP contribution in [-0.4, -0.2) is 19.4 Å². The number of nitrogens with zero attached hydrogens (tertiary/aromatic N) is 1. The first-order valence-electron chi connectivity index (χ1n) is 8.21. The highest BCUT2D eigenvalue weighted by Crippen LogP contribution is 2.48. The average Bonchev–Trinajstić information content (AvgIpc) is 2.55. The molecule has 0 atom stereocenters. The zero-order valence-corrected chi connectivity index (χ0v) is 14.1. The molecule has 0 unspecified atom stereocenters. The summed E-state index contributed by atoms with van der Waals surface area (Å²) in [4.78, 5) is 4.97. The Bertz CT molecular complexity index is 760. The lowest BCUT2D eigenvalue weighted by Crippen LogP contribution is -2.44. The molecule has 4 rings (SSSR count). The Hall–Kier alpha value is -1.80. The van der Waals surface area contributed by atoms with Gasteiger partial charge < -0.3 is 4.74 Å². The highest BCUT2D eigenvalue weighted by Gasteiger charge is 2.45. The maximum absolute atomic E-state index is 6.08. The largest absolute Gasteiger partial charge is 0.497 e. The third-order valence-corrected chi connectivity index (χ3v) is 5.53. The molecule has 0 bridgehead atoms. The molecule has 2 aromatic rings. The Morgan fingerprint density at radius 1 is 1.09 bits per heavy atom. The number of rotatable bonds is 3. The van der Waals surface area contributed by atoms with E-state index in [4.69, 9.17) is 21.3 Å². The lowest BCUT2D eigenvalue weighted by Gasteiger charge is -2.45. The second kappa shape index (κ2) is 5.68. The molecule has 2 aromatic carbocycles. The number of methoxy groups -OCH3 is 1. The van der Waals surface area contributed by atoms with Crippen molar-refractivity contribution in [1.82, 2.24) is 0 Å². The van der Waals surface area contributed by atoms with Crippen molar-refractivity contribution in [1.29, 1.82) is 0 Å². The van der Waals surface area contributed by atoms with E-state index < -0.39 is 0 Å². The van der Waals surface area contributed by atoms with Gasteiger partial charge in [-0.05, 0) is 54.7 Å². The average molecular weight is 326 g/mol. The zero-order chi connectivity index (χ0) is 15.9. The second-order valence-corrected chi connectivity index (χ2v) is 6.88. The van der Waals surface area contributed by atoms with Crippen molar-refractivity contribution < 1.29 is 4.74 Å². The van der Waals surface area contributed by atoms with Crippen LogP contribution in [0.4, 0.5) is 0 Å². The summed E-state index contributed by atoms with van der Waals surface area (Å²) < 4.78 is 5.44. The van der Waals surface area contributed by atoms with Crippen LogP contribution in [0.1, 0.15) is 36.0 Å². The highest BCUT2D eigenvalue weighted by atomic mass is 35.5. The van der Waals surface area contributed by atoms with Gasteiger partial charge in [0, 0.05) is 22.5 Å². The number of aliphatic imine (C=N–C) groups is 1. The minimum atomic E-state index is 0.0477. The summed E-state index contributed by atoms with van der Waals surface area (Å²) in [6.07, 6.45) is 4.58. The molecule has 23 heavy (non-hydrogen) atoms. The van der Waals surface area contributed by atoms with E-state index in [0.717, 1.165) is 36.6 Å². The fraction of sp³-hybridized carbons (Fsp3) is 0.350. The SMILES string of the molecule is COc1ccc2c(c1)C(C1(c3ccc(Cl)cc3)CCC1)=NCC2. The maximum Gasteiger partial charge on any atom is 0.119 e. The first kappa shape index (κ1) is 14.8. The fourth-order valence-corrected chi connectivity index (χ4v) is 3.99. The monoisotopic (exact) mass is 325 g/mol. The molecule has 2 nitrogen and oxygen atoms in total. The van der Waals surface area contributed by atoms with E-state index in [1.165, 1.54) is 28.8 Å². The van der Waals surface area contributed by atoms with Gasteiger partial charge in [0.25, 0.3) is 0 Å². The van der Waals surface area contributed by atoms with E-state index >= 15 is 0 Å². The van der Waals surface area contributed by atoms with Crippen LogP contribution in [0.25, 0.3) is 0 Å². The maximum atomic E-state index is 6.08. The first-order valence-corrected chi connectivity index (χ1v) is 8.59. The lowest BCUT2D eigenvalue weighted by atomic mass is 9.59. The summed E-state index contributed by atoms with van der Waals surface area (Å²) in [5, 5.41) is 0.788. The van der Waals surface area contributed by atoms with E-state index in [9.17, 15) is 0 Å². The first-order chi connectivity index (χ1) is 11.2. The molecule has 1 aliphatic carbocycles. The van der Waals surface area contributed by atoms with E-state index in [0.29, 0.717) is 0 Å². The Morgan fingerprint density at radius 3 is 2.52 bits per heavy atom. The third-order valence-electron chi connectivity index (χ3n) is 5.28. The summed E-state index contributed by atoms with van der Waals surface area (Å²) in [7, 11) is 1.72. The van der Waals surface area contributed by atoms with E-state index in [-0.39, 0.29) is 5.41 Å². The van der Waals surface area contributed by atoms with Crippen molar-refractivity contribution >= 4 is 17.3 Å². The van der Waals surface area contributed by atoms with Crippen LogP contribution < -0.4 is 4.74 Å². The van der Waals surface area contributed by atoms with Gasteiger partial charge in [0.2, 0.25) is 0 Å². The van der Waals surface area contributed by atoms with Crippen molar-refractivity contribution in [2.45, 2.75) is 31.1 Å². The molecule has 1 fully saturated rings. The van der Waals surface area contributed by atoms with Gasteiger partial charge >= 0.3 is 0 Å². The van der Waals surface area contributed by atoms with Gasteiger partial charge in [-0.1, -0.05) is 36.2 Å². The smallest absolute Gasteiger partial charge is 0.119 e. The van der Waals surface area contributed by atoms with Gasteiger partial charge in [0.1, 0.15) is 5.75 Å². The number of hydrogen-bond donors (Lipinski definition) is 0. The van der Waals surface area contributed by atoms with Gasteiger partial charge in [0.15, 0.2) is 0 Å². The molecule has 0 N–H and O–H groups in total. The highest BCUT2D eigenvalue weighted by molar-refractivity contribution is 6.30. The molecule has 0 amide bonds. The summed E-state index contributed by atoms with van der Waals surface area (Å²) in [5.74, 6) is 0.906. The molecular weight excluding hydrogens is 306 g/mol. The van der Waals surface area contributed by atoms with E-state index in [2.05, 4.69) is 30.3 Å². The number of hydrogen-bond acceptors (Lipinski definition) is 2. The van der Waals surface area contributed by atoms with Gasteiger partial charge in [-0.25, -0.2) is 0 Å². The van der Waals surface area contributed by atoms with E-state index in [1.54, 1.807) is 7.11 Å². The molecule has 0 spiro atoms. The third kappa shape index (κ3) is 2.36. The number of fused-ring (bicyclic) bond motifs is 1. The molecule has 118 valence electrons. The van der Waals surface area contributed by atoms with Crippen LogP contribution >= 0.6 is 11.6 Å². The molecule has 2 aliphatic rings. The quantitative estimate of drug-likeness (QED) is 0.793. The molecule has 0 radical (unpaired) electrons. The van der Waals surface area contributed by atoms with Gasteiger partial charge in [0.05, 0.1) is 12.8 Å². The zero-order valence-electron chi connectivity index (χ0n) is 13.3. The van der Waals surface area contributed by atoms with Gasteiger partial charge in [-0.3, -0.25) is 4.99 Å². The lowest BCUT2D eigenvalue weighted by molar-refractivity contribution is 0.339. The summed E-state index contributed by atoms with van der Waals surface area (Å²) in [5.41, 5.74) is 5.28. The van der Waals surface area contributed by atoms with Crippen LogP contribution in [0, 0.1) is 0 Å². The normalized spacial score (nSPS) is 18.6. The second-order valence-electron chi connectivity index (χ2n) is 6.45. The minimum absolute atomic E-state index is 0.0477. The number of ether oxygens (including phenoxy) is 1. The molecule has 1 saturated carbocycles. The van der Waals surface area contributed by atoms with Crippen LogP contribution in [0.3, 0.4) is 0 Å². The number of halogens is 1. The van der Waals surface area contributed by atoms with Crippen LogP contribution in [0.15, 0.2) is 47.5 Å².